The fourth-order valence-electron chi connectivity index (χ4n) is 3.27. The number of anilines is 4. The third kappa shape index (κ3) is 4.53. The van der Waals surface area contributed by atoms with E-state index in [4.69, 9.17) is 0 Å². The van der Waals surface area contributed by atoms with E-state index in [2.05, 4.69) is 54.8 Å². The SMILES string of the molecule is Cc1cc(Nc2ccc(N3CCCC3)cc2)nc(NCc2cccnc2)n1. The third-order valence-corrected chi connectivity index (χ3v) is 4.64. The molecule has 1 aromatic carbocycles. The van der Waals surface area contributed by atoms with Crippen LogP contribution in [0.2, 0.25) is 0 Å². The average Bonchev–Trinajstić information content (AvgIpc) is 3.22. The Morgan fingerprint density at radius 2 is 1.85 bits per heavy atom. The number of rotatable bonds is 6. The average molecular weight is 360 g/mol. The van der Waals surface area contributed by atoms with Crippen LogP contribution in [0.3, 0.4) is 0 Å². The minimum Gasteiger partial charge on any atom is -0.372 e. The molecule has 3 aromatic rings. The molecule has 2 N–H and O–H groups in total. The predicted octanol–water partition coefficient (Wildman–Crippen LogP) is 4.14. The lowest BCUT2D eigenvalue weighted by molar-refractivity contribution is 0.949. The summed E-state index contributed by atoms with van der Waals surface area (Å²) in [5, 5.41) is 6.64. The van der Waals surface area contributed by atoms with Gasteiger partial charge in [0.05, 0.1) is 0 Å². The molecule has 0 amide bonds. The van der Waals surface area contributed by atoms with Crippen molar-refractivity contribution in [2.45, 2.75) is 26.3 Å². The lowest BCUT2D eigenvalue weighted by Crippen LogP contribution is -2.17. The van der Waals surface area contributed by atoms with E-state index >= 15 is 0 Å². The Labute approximate surface area is 159 Å². The molecule has 2 aromatic heterocycles. The van der Waals surface area contributed by atoms with E-state index in [0.29, 0.717) is 12.5 Å². The van der Waals surface area contributed by atoms with Gasteiger partial charge in [0.15, 0.2) is 0 Å². The maximum atomic E-state index is 4.58. The first-order valence-electron chi connectivity index (χ1n) is 9.37. The molecule has 6 nitrogen and oxygen atoms in total. The highest BCUT2D eigenvalue weighted by Gasteiger charge is 2.12. The molecule has 1 aliphatic heterocycles. The Bertz CT molecular complexity index is 873. The quantitative estimate of drug-likeness (QED) is 0.689. The zero-order valence-corrected chi connectivity index (χ0v) is 15.5. The Morgan fingerprint density at radius 3 is 2.59 bits per heavy atom. The molecule has 0 spiro atoms. The van der Waals surface area contributed by atoms with Crippen molar-refractivity contribution >= 4 is 23.1 Å². The Morgan fingerprint density at radius 1 is 1.04 bits per heavy atom. The second-order valence-electron chi connectivity index (χ2n) is 6.80. The highest BCUT2D eigenvalue weighted by Crippen LogP contribution is 2.24. The summed E-state index contributed by atoms with van der Waals surface area (Å²) in [5.41, 5.74) is 4.31. The zero-order chi connectivity index (χ0) is 18.5. The van der Waals surface area contributed by atoms with E-state index in [1.165, 1.54) is 18.5 Å². The van der Waals surface area contributed by atoms with Crippen LogP contribution in [0, 0.1) is 6.92 Å². The Hall–Kier alpha value is -3.15. The summed E-state index contributed by atoms with van der Waals surface area (Å²) < 4.78 is 0. The molecule has 0 aliphatic carbocycles. The van der Waals surface area contributed by atoms with Gasteiger partial charge in [-0.1, -0.05) is 6.07 Å². The monoisotopic (exact) mass is 360 g/mol. The summed E-state index contributed by atoms with van der Waals surface area (Å²) in [6.45, 7) is 4.92. The highest BCUT2D eigenvalue weighted by molar-refractivity contribution is 5.61. The molecule has 3 heterocycles. The maximum absolute atomic E-state index is 4.58. The van der Waals surface area contributed by atoms with Crippen molar-refractivity contribution in [2.75, 3.05) is 28.6 Å². The number of pyridine rings is 1. The molecule has 0 atom stereocenters. The summed E-state index contributed by atoms with van der Waals surface area (Å²) in [7, 11) is 0. The molecular weight excluding hydrogens is 336 g/mol. The maximum Gasteiger partial charge on any atom is 0.225 e. The standard InChI is InChI=1S/C21H24N6/c1-16-13-20(26-21(24-16)23-15-17-5-4-10-22-14-17)25-18-6-8-19(9-7-18)27-11-2-3-12-27/h4-10,13-14H,2-3,11-12,15H2,1H3,(H2,23,24,25,26). The van der Waals surface area contributed by atoms with Crippen molar-refractivity contribution in [1.29, 1.82) is 0 Å². The molecule has 6 heteroatoms. The van der Waals surface area contributed by atoms with Crippen LogP contribution < -0.4 is 15.5 Å². The van der Waals surface area contributed by atoms with Crippen LogP contribution in [0.1, 0.15) is 24.1 Å². The van der Waals surface area contributed by atoms with E-state index in [1.807, 2.05) is 31.3 Å². The van der Waals surface area contributed by atoms with E-state index in [-0.39, 0.29) is 0 Å². The van der Waals surface area contributed by atoms with Gasteiger partial charge in [0.1, 0.15) is 5.82 Å². The minimum atomic E-state index is 0.607. The number of nitrogens with zero attached hydrogens (tertiary/aromatic N) is 4. The van der Waals surface area contributed by atoms with Crippen LogP contribution in [-0.4, -0.2) is 28.0 Å². The molecule has 1 aliphatic rings. The smallest absolute Gasteiger partial charge is 0.225 e. The number of hydrogen-bond donors (Lipinski definition) is 2. The van der Waals surface area contributed by atoms with Crippen molar-refractivity contribution in [3.63, 3.8) is 0 Å². The second-order valence-corrected chi connectivity index (χ2v) is 6.80. The Balaban J connectivity index is 1.43. The first-order valence-corrected chi connectivity index (χ1v) is 9.37. The van der Waals surface area contributed by atoms with Gasteiger partial charge in [0.25, 0.3) is 0 Å². The van der Waals surface area contributed by atoms with Crippen molar-refractivity contribution in [1.82, 2.24) is 15.0 Å². The molecule has 0 saturated carbocycles. The summed E-state index contributed by atoms with van der Waals surface area (Å²) in [6.07, 6.45) is 6.18. The van der Waals surface area contributed by atoms with Gasteiger partial charge in [0, 0.05) is 55.2 Å². The first kappa shape index (κ1) is 17.3. The van der Waals surface area contributed by atoms with Crippen LogP contribution in [0.4, 0.5) is 23.1 Å². The first-order chi connectivity index (χ1) is 13.3. The van der Waals surface area contributed by atoms with Crippen molar-refractivity contribution < 1.29 is 0 Å². The van der Waals surface area contributed by atoms with E-state index in [9.17, 15) is 0 Å². The number of hydrogen-bond acceptors (Lipinski definition) is 6. The molecule has 0 unspecified atom stereocenters. The van der Waals surface area contributed by atoms with Gasteiger partial charge in [-0.15, -0.1) is 0 Å². The molecule has 1 saturated heterocycles. The summed E-state index contributed by atoms with van der Waals surface area (Å²) in [4.78, 5) is 15.6. The number of nitrogens with one attached hydrogen (secondary N) is 2. The van der Waals surface area contributed by atoms with Crippen LogP contribution in [0.25, 0.3) is 0 Å². The minimum absolute atomic E-state index is 0.607. The van der Waals surface area contributed by atoms with Gasteiger partial charge >= 0.3 is 0 Å². The van der Waals surface area contributed by atoms with Gasteiger partial charge in [-0.05, 0) is 55.7 Å². The molecule has 0 bridgehead atoms. The molecular formula is C21H24N6. The zero-order valence-electron chi connectivity index (χ0n) is 15.5. The largest absolute Gasteiger partial charge is 0.372 e. The van der Waals surface area contributed by atoms with E-state index in [0.717, 1.165) is 35.9 Å². The fourth-order valence-corrected chi connectivity index (χ4v) is 3.27. The summed E-state index contributed by atoms with van der Waals surface area (Å²) >= 11 is 0. The number of aromatic nitrogens is 3. The van der Waals surface area contributed by atoms with Crippen molar-refractivity contribution in [3.8, 4) is 0 Å². The summed E-state index contributed by atoms with van der Waals surface area (Å²) in [6, 6.07) is 14.4. The van der Waals surface area contributed by atoms with Gasteiger partial charge in [0.2, 0.25) is 5.95 Å². The lowest BCUT2D eigenvalue weighted by Gasteiger charge is -2.18. The molecule has 4 rings (SSSR count). The van der Waals surface area contributed by atoms with Crippen LogP contribution >= 0.6 is 0 Å². The van der Waals surface area contributed by atoms with Crippen molar-refractivity contribution in [3.05, 3.63) is 66.1 Å². The van der Waals surface area contributed by atoms with Gasteiger partial charge in [-0.2, -0.15) is 4.98 Å². The van der Waals surface area contributed by atoms with Gasteiger partial charge in [-0.3, -0.25) is 4.98 Å². The normalized spacial score (nSPS) is 13.6. The van der Waals surface area contributed by atoms with Crippen LogP contribution in [-0.2, 0) is 6.54 Å². The van der Waals surface area contributed by atoms with Gasteiger partial charge in [-0.25, -0.2) is 4.98 Å². The van der Waals surface area contributed by atoms with Gasteiger partial charge < -0.3 is 15.5 Å². The topological polar surface area (TPSA) is 66.0 Å². The van der Waals surface area contributed by atoms with Crippen LogP contribution in [0.5, 0.6) is 0 Å². The Kier molecular flexibility index (Phi) is 5.14. The van der Waals surface area contributed by atoms with E-state index < -0.39 is 0 Å². The molecule has 1 fully saturated rings. The molecule has 0 radical (unpaired) electrons. The number of aryl methyl sites for hydroxylation is 1. The second kappa shape index (κ2) is 8.03. The van der Waals surface area contributed by atoms with E-state index in [1.54, 1.807) is 6.20 Å². The van der Waals surface area contributed by atoms with Crippen molar-refractivity contribution in [2.24, 2.45) is 0 Å². The molecule has 27 heavy (non-hydrogen) atoms. The third-order valence-electron chi connectivity index (χ3n) is 4.64. The fraction of sp³-hybridized carbons (Fsp3) is 0.286. The lowest BCUT2D eigenvalue weighted by atomic mass is 10.2. The predicted molar refractivity (Wildman–Crippen MR) is 110 cm³/mol. The highest BCUT2D eigenvalue weighted by atomic mass is 15.2. The summed E-state index contributed by atoms with van der Waals surface area (Å²) in [5.74, 6) is 1.39. The number of benzene rings is 1. The van der Waals surface area contributed by atoms with Crippen LogP contribution in [0.15, 0.2) is 54.9 Å². The molecule has 138 valence electrons.